The van der Waals surface area contributed by atoms with Gasteiger partial charge in [0.2, 0.25) is 5.91 Å². The summed E-state index contributed by atoms with van der Waals surface area (Å²) in [6, 6.07) is 2.12. The van der Waals surface area contributed by atoms with Crippen LogP contribution in [0.4, 0.5) is 11.6 Å². The molecule has 8 nitrogen and oxygen atoms in total. The van der Waals surface area contributed by atoms with Crippen LogP contribution in [-0.4, -0.2) is 37.8 Å². The Kier molecular flexibility index (Phi) is 3.64. The Hall–Kier alpha value is -3.47. The highest BCUT2D eigenvalue weighted by molar-refractivity contribution is 5.97. The molecular weight excluding hydrogens is 378 g/mol. The molecule has 2 N–H and O–H groups in total. The van der Waals surface area contributed by atoms with Crippen molar-refractivity contribution in [1.82, 2.24) is 25.0 Å². The van der Waals surface area contributed by atoms with Crippen molar-refractivity contribution >= 4 is 28.4 Å². The molecule has 1 amide bonds. The van der Waals surface area contributed by atoms with Gasteiger partial charge in [0.15, 0.2) is 11.6 Å². The fourth-order valence-electron chi connectivity index (χ4n) is 3.56. The second kappa shape index (κ2) is 7.10. The molecule has 2 aliphatic rings. The Labute approximate surface area is 178 Å². The van der Waals surface area contributed by atoms with E-state index in [1.165, 1.54) is 6.20 Å². The van der Waals surface area contributed by atoms with Gasteiger partial charge in [0.25, 0.3) is 0 Å². The number of pyridine rings is 1. The van der Waals surface area contributed by atoms with Crippen LogP contribution in [0.3, 0.4) is 0 Å². The third-order valence-corrected chi connectivity index (χ3v) is 5.72. The van der Waals surface area contributed by atoms with Crippen LogP contribution in [0.5, 0.6) is 0 Å². The highest BCUT2D eigenvalue weighted by Gasteiger charge is 2.39. The minimum atomic E-state index is -2.45. The summed E-state index contributed by atoms with van der Waals surface area (Å²) in [5, 5.41) is 18.4. The monoisotopic (exact) mass is 404 g/mol. The molecule has 0 aliphatic heterocycles. The van der Waals surface area contributed by atoms with Gasteiger partial charge < -0.3 is 10.6 Å². The lowest BCUT2D eigenvalue weighted by molar-refractivity contribution is -0.117. The van der Waals surface area contributed by atoms with Crippen LogP contribution < -0.4 is 10.6 Å². The molecule has 0 saturated heterocycles. The average molecular weight is 404 g/mol. The van der Waals surface area contributed by atoms with Crippen LogP contribution >= 0.6 is 0 Å². The SMILES string of the molecule is [2H]C([2H])([2H])Nc1ncc(C#Cc2cnn(C3CC3)c2C)c2cc(NC(=O)[C@H]3C[C@H]3C)nnc12. The van der Waals surface area contributed by atoms with Crippen molar-refractivity contribution in [3.8, 4) is 11.8 Å². The molecule has 2 fully saturated rings. The van der Waals surface area contributed by atoms with Gasteiger partial charge in [-0.3, -0.25) is 9.48 Å². The van der Waals surface area contributed by atoms with Crippen LogP contribution in [0.2, 0.25) is 0 Å². The average Bonchev–Trinajstić information content (AvgIpc) is 3.67. The zero-order chi connectivity index (χ0) is 23.3. The molecule has 0 bridgehead atoms. The van der Waals surface area contributed by atoms with Crippen LogP contribution in [-0.2, 0) is 4.79 Å². The molecule has 2 aliphatic carbocycles. The molecular formula is C22H23N7O. The highest BCUT2D eigenvalue weighted by atomic mass is 16.2. The number of nitrogens with zero attached hydrogens (tertiary/aromatic N) is 5. The summed E-state index contributed by atoms with van der Waals surface area (Å²) in [6.07, 6.45) is 6.38. The molecule has 5 rings (SSSR count). The van der Waals surface area contributed by atoms with Gasteiger partial charge in [0, 0.05) is 28.6 Å². The number of anilines is 2. The molecule has 152 valence electrons. The quantitative estimate of drug-likeness (QED) is 0.649. The molecule has 0 spiro atoms. The Bertz CT molecular complexity index is 1320. The molecule has 2 atom stereocenters. The first-order valence-corrected chi connectivity index (χ1v) is 10.0. The number of nitrogens with one attached hydrogen (secondary N) is 2. The van der Waals surface area contributed by atoms with Gasteiger partial charge in [-0.25, -0.2) is 4.98 Å². The standard InChI is InChI=1S/C22H23N7O/c1-12-8-17(12)22(30)26-19-9-18-15(10-24-21(23-3)20(18)28-27-19)5-4-14-11-25-29(13(14)2)16-6-7-16/h9-12,16-17H,6-8H2,1-3H3,(H,23,24)(H,26,27,30)/t12-,17+/m1/s1/i3D3. The highest BCUT2D eigenvalue weighted by Crippen LogP contribution is 2.38. The summed E-state index contributed by atoms with van der Waals surface area (Å²) in [5.74, 6) is 6.88. The van der Waals surface area contributed by atoms with Gasteiger partial charge in [-0.05, 0) is 38.2 Å². The smallest absolute Gasteiger partial charge is 0.228 e. The lowest BCUT2D eigenvalue weighted by atomic mass is 10.1. The third kappa shape index (κ3) is 3.36. The second-order valence-electron chi connectivity index (χ2n) is 8.02. The van der Waals surface area contributed by atoms with E-state index in [2.05, 4.69) is 42.8 Å². The van der Waals surface area contributed by atoms with E-state index < -0.39 is 6.98 Å². The minimum Gasteiger partial charge on any atom is -0.371 e. The Morgan fingerprint density at radius 1 is 1.27 bits per heavy atom. The molecule has 0 aromatic carbocycles. The van der Waals surface area contributed by atoms with Crippen molar-refractivity contribution in [3.63, 3.8) is 0 Å². The van der Waals surface area contributed by atoms with E-state index in [0.717, 1.165) is 30.5 Å². The molecule has 30 heavy (non-hydrogen) atoms. The van der Waals surface area contributed by atoms with Crippen molar-refractivity contribution in [2.75, 3.05) is 17.6 Å². The Morgan fingerprint density at radius 2 is 2.07 bits per heavy atom. The van der Waals surface area contributed by atoms with Crippen LogP contribution in [0.15, 0.2) is 18.5 Å². The zero-order valence-electron chi connectivity index (χ0n) is 19.7. The lowest BCUT2D eigenvalue weighted by Gasteiger charge is -2.08. The number of fused-ring (bicyclic) bond motifs is 1. The van der Waals surface area contributed by atoms with Crippen molar-refractivity contribution in [1.29, 1.82) is 0 Å². The first-order chi connectivity index (χ1) is 15.7. The molecule has 8 heteroatoms. The number of hydrogen-bond donors (Lipinski definition) is 2. The number of rotatable bonds is 4. The van der Waals surface area contributed by atoms with Gasteiger partial charge in [-0.15, -0.1) is 10.2 Å². The molecule has 3 aromatic heterocycles. The van der Waals surface area contributed by atoms with E-state index in [-0.39, 0.29) is 23.2 Å². The summed E-state index contributed by atoms with van der Waals surface area (Å²) in [5.41, 5.74) is 2.64. The van der Waals surface area contributed by atoms with Gasteiger partial charge in [0.1, 0.15) is 5.52 Å². The number of aromatic nitrogens is 5. The summed E-state index contributed by atoms with van der Waals surface area (Å²) < 4.78 is 24.5. The summed E-state index contributed by atoms with van der Waals surface area (Å²) in [4.78, 5) is 16.6. The number of hydrogen-bond acceptors (Lipinski definition) is 6. The fraction of sp³-hybridized carbons (Fsp3) is 0.409. The second-order valence-corrected chi connectivity index (χ2v) is 8.02. The zero-order valence-corrected chi connectivity index (χ0v) is 16.7. The van der Waals surface area contributed by atoms with E-state index in [9.17, 15) is 4.79 Å². The van der Waals surface area contributed by atoms with Crippen molar-refractivity contribution in [2.45, 2.75) is 39.2 Å². The molecule has 0 unspecified atom stereocenters. The van der Waals surface area contributed by atoms with Gasteiger partial charge >= 0.3 is 0 Å². The topological polar surface area (TPSA) is 97.6 Å². The predicted octanol–water partition coefficient (Wildman–Crippen LogP) is 2.90. The van der Waals surface area contributed by atoms with Gasteiger partial charge in [0.05, 0.1) is 29.1 Å². The van der Waals surface area contributed by atoms with E-state index in [0.29, 0.717) is 28.7 Å². The van der Waals surface area contributed by atoms with E-state index >= 15 is 0 Å². The normalized spacial score (nSPS) is 21.7. The molecule has 0 radical (unpaired) electrons. The number of amides is 1. The van der Waals surface area contributed by atoms with E-state index in [4.69, 9.17) is 4.11 Å². The van der Waals surface area contributed by atoms with Crippen LogP contribution in [0.1, 0.15) is 53.2 Å². The van der Waals surface area contributed by atoms with Crippen LogP contribution in [0.25, 0.3) is 10.9 Å². The first kappa shape index (κ1) is 15.4. The largest absolute Gasteiger partial charge is 0.371 e. The first-order valence-electron chi connectivity index (χ1n) is 11.5. The Balaban J connectivity index is 1.53. The van der Waals surface area contributed by atoms with Crippen molar-refractivity contribution in [3.05, 3.63) is 35.3 Å². The lowest BCUT2D eigenvalue weighted by Crippen LogP contribution is -2.16. The van der Waals surface area contributed by atoms with Crippen LogP contribution in [0, 0.1) is 30.6 Å². The number of carbonyl (C=O) groups excluding carboxylic acids is 1. The number of carbonyl (C=O) groups is 1. The molecule has 2 saturated carbocycles. The van der Waals surface area contributed by atoms with Crippen molar-refractivity contribution < 1.29 is 8.91 Å². The van der Waals surface area contributed by atoms with E-state index in [1.54, 1.807) is 12.3 Å². The van der Waals surface area contributed by atoms with Gasteiger partial charge in [-0.1, -0.05) is 18.8 Å². The maximum atomic E-state index is 12.4. The third-order valence-electron chi connectivity index (χ3n) is 5.72. The fourth-order valence-corrected chi connectivity index (χ4v) is 3.56. The molecule has 3 heterocycles. The maximum Gasteiger partial charge on any atom is 0.228 e. The van der Waals surface area contributed by atoms with Crippen molar-refractivity contribution in [2.24, 2.45) is 11.8 Å². The minimum absolute atomic E-state index is 0.0158. The van der Waals surface area contributed by atoms with Gasteiger partial charge in [-0.2, -0.15) is 5.10 Å². The predicted molar refractivity (Wildman–Crippen MR) is 114 cm³/mol. The molecule has 3 aromatic rings. The Morgan fingerprint density at radius 3 is 2.80 bits per heavy atom. The summed E-state index contributed by atoms with van der Waals surface area (Å²) >= 11 is 0. The summed E-state index contributed by atoms with van der Waals surface area (Å²) in [7, 11) is 0. The maximum absolute atomic E-state index is 12.4. The van der Waals surface area contributed by atoms with E-state index in [1.807, 2.05) is 18.5 Å². The summed E-state index contributed by atoms with van der Waals surface area (Å²) in [6.45, 7) is 1.57.